The summed E-state index contributed by atoms with van der Waals surface area (Å²) in [6.45, 7) is 0. The maximum absolute atomic E-state index is 12.5. The molecule has 22 heavy (non-hydrogen) atoms. The lowest BCUT2D eigenvalue weighted by atomic mass is 9.95. The molecule has 2 heterocycles. The maximum atomic E-state index is 12.5. The molecule has 0 spiro atoms. The molecule has 1 unspecified atom stereocenters. The summed E-state index contributed by atoms with van der Waals surface area (Å²) in [4.78, 5) is 23.7. The van der Waals surface area contributed by atoms with Crippen LogP contribution in [0.1, 0.15) is 34.2 Å². The van der Waals surface area contributed by atoms with E-state index in [-0.39, 0.29) is 12.2 Å². The van der Waals surface area contributed by atoms with Gasteiger partial charge in [0.25, 0.3) is 0 Å². The number of rotatable bonds is 3. The Balaban J connectivity index is 1.93. The molecule has 0 bridgehead atoms. The summed E-state index contributed by atoms with van der Waals surface area (Å²) in [6.07, 6.45) is 4.16. The number of methoxy groups -OCH3 is 1. The minimum absolute atomic E-state index is 0.0484. The summed E-state index contributed by atoms with van der Waals surface area (Å²) in [5.41, 5.74) is 1.11. The molecule has 1 aliphatic heterocycles. The van der Waals surface area contributed by atoms with E-state index >= 15 is 0 Å². The largest absolute Gasteiger partial charge is 0.481 e. The summed E-state index contributed by atoms with van der Waals surface area (Å²) in [5.74, 6) is 0.585. The molecule has 0 radical (unpaired) electrons. The van der Waals surface area contributed by atoms with Gasteiger partial charge in [-0.3, -0.25) is 4.79 Å². The van der Waals surface area contributed by atoms with Gasteiger partial charge in [0.15, 0.2) is 11.9 Å². The highest BCUT2D eigenvalue weighted by Crippen LogP contribution is 2.37. The molecule has 0 amide bonds. The van der Waals surface area contributed by atoms with Gasteiger partial charge >= 0.3 is 5.97 Å². The van der Waals surface area contributed by atoms with Gasteiger partial charge in [-0.2, -0.15) is 0 Å². The highest BCUT2D eigenvalue weighted by Gasteiger charge is 2.30. The Hall–Kier alpha value is -2.82. The Bertz CT molecular complexity index is 728. The average molecular weight is 298 g/mol. The zero-order chi connectivity index (χ0) is 15.5. The van der Waals surface area contributed by atoms with Crippen molar-refractivity contribution in [2.45, 2.75) is 12.5 Å². The first-order chi connectivity index (χ1) is 10.7. The van der Waals surface area contributed by atoms with Crippen LogP contribution in [0, 0.1) is 0 Å². The Morgan fingerprint density at radius 2 is 2.18 bits per heavy atom. The fourth-order valence-electron chi connectivity index (χ4n) is 2.41. The normalized spacial score (nSPS) is 17.1. The van der Waals surface area contributed by atoms with Crippen molar-refractivity contribution in [3.8, 4) is 5.75 Å². The lowest BCUT2D eigenvalue weighted by molar-refractivity contribution is -0.134. The Morgan fingerprint density at radius 1 is 1.32 bits per heavy atom. The van der Waals surface area contributed by atoms with Crippen LogP contribution < -0.4 is 4.74 Å². The average Bonchev–Trinajstić information content (AvgIpc) is 3.06. The fraction of sp³-hybridized carbons (Fsp3) is 0.176. The number of furan rings is 1. The molecule has 5 heteroatoms. The van der Waals surface area contributed by atoms with E-state index in [1.807, 2.05) is 0 Å². The molecule has 0 N–H and O–H groups in total. The van der Waals surface area contributed by atoms with Crippen LogP contribution >= 0.6 is 0 Å². The van der Waals surface area contributed by atoms with Crippen molar-refractivity contribution in [2.75, 3.05) is 7.11 Å². The minimum atomic E-state index is -0.477. The third-order valence-corrected chi connectivity index (χ3v) is 3.44. The van der Waals surface area contributed by atoms with Crippen molar-refractivity contribution in [2.24, 2.45) is 0 Å². The first kappa shape index (κ1) is 14.1. The number of hydrogen-bond donors (Lipinski definition) is 0. The topological polar surface area (TPSA) is 65.7 Å². The summed E-state index contributed by atoms with van der Waals surface area (Å²) >= 11 is 0. The quantitative estimate of drug-likeness (QED) is 0.643. The number of carbonyl (C=O) groups excluding carboxylic acids is 2. The van der Waals surface area contributed by atoms with Crippen molar-refractivity contribution < 1.29 is 23.5 Å². The van der Waals surface area contributed by atoms with Crippen molar-refractivity contribution in [1.29, 1.82) is 0 Å². The second kappa shape index (κ2) is 5.89. The third kappa shape index (κ3) is 2.65. The predicted molar refractivity (Wildman–Crippen MR) is 78.5 cm³/mol. The molecule has 0 fully saturated rings. The Kier molecular flexibility index (Phi) is 3.78. The lowest BCUT2D eigenvalue weighted by Gasteiger charge is -2.24. The van der Waals surface area contributed by atoms with Crippen LogP contribution in [0.2, 0.25) is 0 Å². The van der Waals surface area contributed by atoms with Gasteiger partial charge in [0.1, 0.15) is 11.5 Å². The molecule has 3 rings (SSSR count). The Morgan fingerprint density at radius 3 is 2.91 bits per heavy atom. The highest BCUT2D eigenvalue weighted by molar-refractivity contribution is 6.04. The standard InChI is InChI=1S/C17H14O5/c1-20-16(19)8-7-11-4-2-5-14-17(11)12(18)10-15(22-14)13-6-3-9-21-13/h2-9,15H,10H2,1H3/b8-7+. The molecule has 1 aromatic carbocycles. The zero-order valence-electron chi connectivity index (χ0n) is 11.9. The summed E-state index contributed by atoms with van der Waals surface area (Å²) in [7, 11) is 1.30. The van der Waals surface area contributed by atoms with Crippen molar-refractivity contribution in [3.63, 3.8) is 0 Å². The van der Waals surface area contributed by atoms with E-state index in [4.69, 9.17) is 9.15 Å². The molecule has 1 aromatic heterocycles. The second-order valence-electron chi connectivity index (χ2n) is 4.83. The molecular formula is C17H14O5. The van der Waals surface area contributed by atoms with Crippen LogP contribution in [0.3, 0.4) is 0 Å². The molecule has 0 saturated carbocycles. The highest BCUT2D eigenvalue weighted by atomic mass is 16.5. The van der Waals surface area contributed by atoms with Gasteiger partial charge in [-0.05, 0) is 29.8 Å². The van der Waals surface area contributed by atoms with Crippen molar-refractivity contribution in [3.05, 3.63) is 59.6 Å². The summed E-state index contributed by atoms with van der Waals surface area (Å²) in [6, 6.07) is 8.80. The lowest BCUT2D eigenvalue weighted by Crippen LogP contribution is -2.20. The van der Waals surface area contributed by atoms with E-state index in [0.29, 0.717) is 22.6 Å². The second-order valence-corrected chi connectivity index (χ2v) is 4.83. The number of benzene rings is 1. The summed E-state index contributed by atoms with van der Waals surface area (Å²) < 4.78 is 15.7. The van der Waals surface area contributed by atoms with Gasteiger partial charge in [0.05, 0.1) is 25.4 Å². The SMILES string of the molecule is COC(=O)/C=C/c1cccc2c1C(=O)CC(c1ccco1)O2. The van der Waals surface area contributed by atoms with Gasteiger partial charge < -0.3 is 13.9 Å². The number of esters is 1. The van der Waals surface area contributed by atoms with Crippen LogP contribution in [0.5, 0.6) is 5.75 Å². The molecule has 5 nitrogen and oxygen atoms in total. The van der Waals surface area contributed by atoms with E-state index in [9.17, 15) is 9.59 Å². The number of Topliss-reactive ketones (excluding diaryl/α,β-unsaturated/α-hetero) is 1. The van der Waals surface area contributed by atoms with Crippen LogP contribution in [0.4, 0.5) is 0 Å². The van der Waals surface area contributed by atoms with Crippen LogP contribution in [-0.2, 0) is 9.53 Å². The van der Waals surface area contributed by atoms with E-state index < -0.39 is 12.1 Å². The number of carbonyl (C=O) groups is 2. The molecule has 1 atom stereocenters. The van der Waals surface area contributed by atoms with E-state index in [0.717, 1.165) is 0 Å². The van der Waals surface area contributed by atoms with E-state index in [1.54, 1.807) is 42.7 Å². The van der Waals surface area contributed by atoms with Gasteiger partial charge in [-0.1, -0.05) is 12.1 Å². The first-order valence-electron chi connectivity index (χ1n) is 6.81. The van der Waals surface area contributed by atoms with Crippen LogP contribution in [-0.4, -0.2) is 18.9 Å². The molecule has 0 aliphatic carbocycles. The third-order valence-electron chi connectivity index (χ3n) is 3.44. The summed E-state index contributed by atoms with van der Waals surface area (Å²) in [5, 5.41) is 0. The molecule has 1 aliphatic rings. The van der Waals surface area contributed by atoms with Crippen molar-refractivity contribution >= 4 is 17.8 Å². The van der Waals surface area contributed by atoms with Gasteiger partial charge in [0.2, 0.25) is 0 Å². The minimum Gasteiger partial charge on any atom is -0.481 e. The smallest absolute Gasteiger partial charge is 0.330 e. The van der Waals surface area contributed by atoms with Gasteiger partial charge in [0, 0.05) is 6.08 Å². The van der Waals surface area contributed by atoms with Crippen LogP contribution in [0.25, 0.3) is 6.08 Å². The zero-order valence-corrected chi connectivity index (χ0v) is 11.9. The van der Waals surface area contributed by atoms with E-state index in [1.165, 1.54) is 13.2 Å². The molecule has 112 valence electrons. The molecule has 2 aromatic rings. The van der Waals surface area contributed by atoms with Crippen molar-refractivity contribution in [1.82, 2.24) is 0 Å². The van der Waals surface area contributed by atoms with Gasteiger partial charge in [-0.25, -0.2) is 4.79 Å². The van der Waals surface area contributed by atoms with Gasteiger partial charge in [-0.15, -0.1) is 0 Å². The number of hydrogen-bond acceptors (Lipinski definition) is 5. The molecular weight excluding hydrogens is 284 g/mol. The maximum Gasteiger partial charge on any atom is 0.330 e. The fourth-order valence-corrected chi connectivity index (χ4v) is 2.41. The monoisotopic (exact) mass is 298 g/mol. The number of ketones is 1. The number of fused-ring (bicyclic) bond motifs is 1. The van der Waals surface area contributed by atoms with E-state index in [2.05, 4.69) is 4.74 Å². The molecule has 0 saturated heterocycles. The first-order valence-corrected chi connectivity index (χ1v) is 6.81. The predicted octanol–water partition coefficient (Wildman–Crippen LogP) is 3.17. The number of ether oxygens (including phenoxy) is 2. The van der Waals surface area contributed by atoms with Crippen LogP contribution in [0.15, 0.2) is 47.1 Å². The Labute approximate surface area is 127 Å².